The number of nitrogen functional groups attached to an aromatic ring is 1. The molecule has 0 radical (unpaired) electrons. The molecule has 4 aromatic rings. The van der Waals surface area contributed by atoms with Crippen LogP contribution in [0, 0.1) is 0 Å². The fraction of sp³-hybridized carbons (Fsp3) is 0.519. The Morgan fingerprint density at radius 2 is 1.85 bits per heavy atom. The number of aromatic nitrogens is 6. The van der Waals surface area contributed by atoms with Crippen molar-refractivity contribution >= 4 is 34.3 Å². The van der Waals surface area contributed by atoms with Crippen molar-refractivity contribution in [1.29, 1.82) is 0 Å². The summed E-state index contributed by atoms with van der Waals surface area (Å²) in [5.74, 6) is 0.790. The van der Waals surface area contributed by atoms with Crippen molar-refractivity contribution in [1.82, 2.24) is 34.3 Å². The first-order chi connectivity index (χ1) is 20.0. The molecule has 14 nitrogen and oxygen atoms in total. The Balaban J connectivity index is 1.18. The van der Waals surface area contributed by atoms with E-state index in [1.54, 1.807) is 20.2 Å². The number of methoxy groups -OCH3 is 1. The van der Waals surface area contributed by atoms with Crippen LogP contribution in [0.2, 0.25) is 0 Å². The van der Waals surface area contributed by atoms with E-state index in [0.717, 1.165) is 38.5 Å². The normalized spacial score (nSPS) is 15.0. The van der Waals surface area contributed by atoms with Crippen LogP contribution >= 0.6 is 0 Å². The molecule has 1 aromatic carbocycles. The molecule has 1 atom stereocenters. The molecule has 3 N–H and O–H groups in total. The van der Waals surface area contributed by atoms with Gasteiger partial charge in [0.15, 0.2) is 17.1 Å². The summed E-state index contributed by atoms with van der Waals surface area (Å²) in [5, 5.41) is 20.1. The summed E-state index contributed by atoms with van der Waals surface area (Å²) >= 11 is 0. The summed E-state index contributed by atoms with van der Waals surface area (Å²) in [5.41, 5.74) is 8.46. The van der Waals surface area contributed by atoms with Crippen molar-refractivity contribution in [2.45, 2.75) is 32.4 Å². The third kappa shape index (κ3) is 6.66. The predicted octanol–water partition coefficient (Wildman–Crippen LogP) is 1.28. The molecule has 0 bridgehead atoms. The number of anilines is 2. The molecule has 1 aliphatic heterocycles. The Hall–Kier alpha value is -4.01. The van der Waals surface area contributed by atoms with Gasteiger partial charge in [0, 0.05) is 51.9 Å². The van der Waals surface area contributed by atoms with Gasteiger partial charge in [0.25, 0.3) is 0 Å². The van der Waals surface area contributed by atoms with E-state index in [9.17, 15) is 9.90 Å². The minimum atomic E-state index is -1.03. The zero-order valence-electron chi connectivity index (χ0n) is 23.5. The molecule has 0 spiro atoms. The van der Waals surface area contributed by atoms with E-state index >= 15 is 0 Å². The van der Waals surface area contributed by atoms with E-state index < -0.39 is 6.10 Å². The lowest BCUT2D eigenvalue weighted by molar-refractivity contribution is -0.143. The zero-order valence-corrected chi connectivity index (χ0v) is 23.5. The summed E-state index contributed by atoms with van der Waals surface area (Å²) < 4.78 is 18.8. The second-order valence-electron chi connectivity index (χ2n) is 9.80. The second kappa shape index (κ2) is 13.1. The minimum Gasteiger partial charge on any atom is -0.491 e. The van der Waals surface area contributed by atoms with E-state index in [0.29, 0.717) is 43.0 Å². The predicted molar refractivity (Wildman–Crippen MR) is 152 cm³/mol. The van der Waals surface area contributed by atoms with Crippen molar-refractivity contribution in [2.24, 2.45) is 0 Å². The number of esters is 1. The fourth-order valence-corrected chi connectivity index (χ4v) is 4.86. The van der Waals surface area contributed by atoms with Crippen LogP contribution in [0.5, 0.6) is 5.75 Å². The number of fused-ring (bicyclic) bond motifs is 3. The van der Waals surface area contributed by atoms with Crippen molar-refractivity contribution in [2.75, 3.05) is 70.3 Å². The third-order valence-electron chi connectivity index (χ3n) is 7.10. The number of hydrogen-bond acceptors (Lipinski definition) is 12. The summed E-state index contributed by atoms with van der Waals surface area (Å²) in [6, 6.07) is 8.19. The number of ether oxygens (including phenoxy) is 3. The Labute approximate surface area is 237 Å². The lowest BCUT2D eigenvalue weighted by Crippen LogP contribution is -2.47. The summed E-state index contributed by atoms with van der Waals surface area (Å²) in [7, 11) is 1.66. The van der Waals surface area contributed by atoms with Crippen molar-refractivity contribution < 1.29 is 24.1 Å². The van der Waals surface area contributed by atoms with E-state index in [1.165, 1.54) is 10.2 Å². The fourth-order valence-electron chi connectivity index (χ4n) is 4.86. The Morgan fingerprint density at radius 1 is 1.07 bits per heavy atom. The van der Waals surface area contributed by atoms with E-state index in [-0.39, 0.29) is 30.6 Å². The molecule has 220 valence electrons. The van der Waals surface area contributed by atoms with Crippen LogP contribution in [0.15, 0.2) is 30.5 Å². The smallest absolute Gasteiger partial charge is 0.305 e. The van der Waals surface area contributed by atoms with Gasteiger partial charge in [0.1, 0.15) is 18.5 Å². The third-order valence-corrected chi connectivity index (χ3v) is 7.10. The molecular formula is C27H37N9O5. The average molecular weight is 568 g/mol. The quantitative estimate of drug-likeness (QED) is 0.176. The van der Waals surface area contributed by atoms with Gasteiger partial charge in [0.05, 0.1) is 31.3 Å². The SMILES string of the molecule is CCOC(=O)CC[C@@H](O)c1nc2c3cnn(CCN4CCN(c5ccc(OCCOC)cc5)CC4)c3nc(N)n2n1. The zero-order chi connectivity index (χ0) is 28.8. The van der Waals surface area contributed by atoms with Gasteiger partial charge in [-0.05, 0) is 37.6 Å². The molecule has 0 amide bonds. The maximum Gasteiger partial charge on any atom is 0.305 e. The van der Waals surface area contributed by atoms with Crippen molar-refractivity contribution in [3.63, 3.8) is 0 Å². The second-order valence-corrected chi connectivity index (χ2v) is 9.80. The van der Waals surface area contributed by atoms with Gasteiger partial charge in [-0.3, -0.25) is 9.69 Å². The molecule has 1 saturated heterocycles. The van der Waals surface area contributed by atoms with Gasteiger partial charge in [-0.15, -0.1) is 5.10 Å². The average Bonchev–Trinajstić information content (AvgIpc) is 3.61. The van der Waals surface area contributed by atoms with Gasteiger partial charge < -0.3 is 30.0 Å². The molecule has 1 fully saturated rings. The molecule has 0 saturated carbocycles. The highest BCUT2D eigenvalue weighted by Crippen LogP contribution is 2.24. The number of nitrogens with two attached hydrogens (primary N) is 1. The lowest BCUT2D eigenvalue weighted by atomic mass is 10.2. The first-order valence-electron chi connectivity index (χ1n) is 13.9. The highest BCUT2D eigenvalue weighted by Gasteiger charge is 2.22. The molecule has 0 aliphatic carbocycles. The van der Waals surface area contributed by atoms with E-state index in [2.05, 4.69) is 42.1 Å². The first kappa shape index (κ1) is 28.5. The van der Waals surface area contributed by atoms with E-state index in [1.807, 2.05) is 16.8 Å². The number of carbonyl (C=O) groups excluding carboxylic acids is 1. The van der Waals surface area contributed by atoms with Crippen molar-refractivity contribution in [3.8, 4) is 5.75 Å². The molecule has 14 heteroatoms. The maximum atomic E-state index is 11.7. The number of piperazine rings is 1. The lowest BCUT2D eigenvalue weighted by Gasteiger charge is -2.36. The highest BCUT2D eigenvalue weighted by atomic mass is 16.5. The topological polar surface area (TPSA) is 158 Å². The van der Waals surface area contributed by atoms with Crippen LogP contribution in [-0.4, -0.2) is 105 Å². The molecule has 1 aliphatic rings. The minimum absolute atomic E-state index is 0.0659. The molecule has 5 rings (SSSR count). The molecule has 4 heterocycles. The van der Waals surface area contributed by atoms with Crippen LogP contribution in [0.1, 0.15) is 31.7 Å². The van der Waals surface area contributed by atoms with Crippen LogP contribution < -0.4 is 15.4 Å². The van der Waals surface area contributed by atoms with Crippen LogP contribution in [0.4, 0.5) is 11.6 Å². The molecule has 0 unspecified atom stereocenters. The number of aliphatic hydroxyl groups is 1. The Kier molecular flexibility index (Phi) is 9.11. The number of aliphatic hydroxyl groups excluding tert-OH is 1. The number of rotatable bonds is 13. The van der Waals surface area contributed by atoms with Crippen LogP contribution in [0.3, 0.4) is 0 Å². The van der Waals surface area contributed by atoms with Gasteiger partial charge in [-0.2, -0.15) is 14.6 Å². The highest BCUT2D eigenvalue weighted by molar-refractivity contribution is 5.89. The number of nitrogens with zero attached hydrogens (tertiary/aromatic N) is 8. The summed E-state index contributed by atoms with van der Waals surface area (Å²) in [6.07, 6.45) is 0.875. The number of hydrogen-bond donors (Lipinski definition) is 2. The van der Waals surface area contributed by atoms with Gasteiger partial charge in [-0.1, -0.05) is 0 Å². The van der Waals surface area contributed by atoms with Crippen LogP contribution in [0.25, 0.3) is 16.7 Å². The Bertz CT molecular complexity index is 1450. The number of benzene rings is 1. The summed E-state index contributed by atoms with van der Waals surface area (Å²) in [6.45, 7) is 8.31. The first-order valence-corrected chi connectivity index (χ1v) is 13.9. The van der Waals surface area contributed by atoms with E-state index in [4.69, 9.17) is 19.9 Å². The maximum absolute atomic E-state index is 11.7. The number of carbonyl (C=O) groups is 1. The van der Waals surface area contributed by atoms with Crippen LogP contribution in [-0.2, 0) is 20.8 Å². The molecule has 41 heavy (non-hydrogen) atoms. The summed E-state index contributed by atoms with van der Waals surface area (Å²) in [4.78, 5) is 25.5. The van der Waals surface area contributed by atoms with Crippen molar-refractivity contribution in [3.05, 3.63) is 36.3 Å². The Morgan fingerprint density at radius 3 is 2.59 bits per heavy atom. The molecule has 3 aromatic heterocycles. The largest absolute Gasteiger partial charge is 0.491 e. The standard InChI is InChI=1S/C27H37N9O5/c1-3-40-23(38)9-8-22(37)24-30-26-21-18-29-35(25(21)31-27(28)36(26)32-24)15-12-33-10-13-34(14-11-33)19-4-6-20(7-5-19)41-17-16-39-2/h4-7,18,22,37H,3,8-17H2,1-2H3,(H2,28,31)/t22-/m1/s1. The molecular weight excluding hydrogens is 530 g/mol. The van der Waals surface area contributed by atoms with Gasteiger partial charge in [-0.25, -0.2) is 9.67 Å². The van der Waals surface area contributed by atoms with Gasteiger partial charge in [0.2, 0.25) is 5.95 Å². The monoisotopic (exact) mass is 567 g/mol. The van der Waals surface area contributed by atoms with Gasteiger partial charge >= 0.3 is 5.97 Å².